The number of nitrogens with zero attached hydrogens (tertiary/aromatic N) is 1. The number of aldehydes is 1. The third-order valence-electron chi connectivity index (χ3n) is 2.61. The molecule has 2 rings (SSSR count). The highest BCUT2D eigenvalue weighted by Gasteiger charge is 2.12. The largest absolute Gasteiger partial charge is 0.465 e. The molecule has 0 fully saturated rings. The average molecular weight is 229 g/mol. The van der Waals surface area contributed by atoms with Crippen molar-refractivity contribution < 1.29 is 14.3 Å². The van der Waals surface area contributed by atoms with Crippen LogP contribution in [0.1, 0.15) is 26.4 Å². The monoisotopic (exact) mass is 229 g/mol. The number of esters is 1. The fraction of sp³-hybridized carbons (Fsp3) is 0.154. The van der Waals surface area contributed by atoms with Crippen LogP contribution in [0, 0.1) is 6.92 Å². The summed E-state index contributed by atoms with van der Waals surface area (Å²) in [5.74, 6) is -0.407. The first kappa shape index (κ1) is 11.3. The van der Waals surface area contributed by atoms with Crippen LogP contribution in [0.25, 0.3) is 10.9 Å². The predicted octanol–water partition coefficient (Wildman–Crippen LogP) is 2.14. The molecule has 0 aliphatic heterocycles. The van der Waals surface area contributed by atoms with E-state index in [-0.39, 0.29) is 0 Å². The second kappa shape index (κ2) is 4.33. The Hall–Kier alpha value is -2.23. The SMILES string of the molecule is COC(=O)c1ccc(C)c2nc(C=O)ccc12. The van der Waals surface area contributed by atoms with Gasteiger partial charge in [0.2, 0.25) is 0 Å². The van der Waals surface area contributed by atoms with Crippen molar-refractivity contribution >= 4 is 23.2 Å². The fourth-order valence-electron chi connectivity index (χ4n) is 1.72. The van der Waals surface area contributed by atoms with Crippen molar-refractivity contribution in [3.8, 4) is 0 Å². The number of benzene rings is 1. The first-order valence-corrected chi connectivity index (χ1v) is 5.11. The minimum absolute atomic E-state index is 0.350. The highest BCUT2D eigenvalue weighted by Crippen LogP contribution is 2.21. The number of aryl methyl sites for hydroxylation is 1. The Labute approximate surface area is 98.2 Å². The second-order valence-corrected chi connectivity index (χ2v) is 3.67. The van der Waals surface area contributed by atoms with Gasteiger partial charge in [0.1, 0.15) is 5.69 Å². The molecule has 2 aromatic rings. The Balaban J connectivity index is 2.78. The average Bonchev–Trinajstić information content (AvgIpc) is 2.38. The Morgan fingerprint density at radius 1 is 1.29 bits per heavy atom. The zero-order valence-electron chi connectivity index (χ0n) is 9.56. The molecule has 0 aliphatic rings. The molecule has 0 N–H and O–H groups in total. The topological polar surface area (TPSA) is 56.3 Å². The van der Waals surface area contributed by atoms with E-state index in [1.54, 1.807) is 24.3 Å². The summed E-state index contributed by atoms with van der Waals surface area (Å²) in [4.78, 5) is 26.5. The van der Waals surface area contributed by atoms with Crippen molar-refractivity contribution in [1.82, 2.24) is 4.98 Å². The number of aromatic nitrogens is 1. The summed E-state index contributed by atoms with van der Waals surface area (Å²) in [6, 6.07) is 6.79. The Morgan fingerprint density at radius 2 is 2.06 bits per heavy atom. The van der Waals surface area contributed by atoms with Crippen molar-refractivity contribution in [3.05, 3.63) is 41.1 Å². The minimum Gasteiger partial charge on any atom is -0.465 e. The molecule has 1 aromatic heterocycles. The molecule has 0 amide bonds. The minimum atomic E-state index is -0.407. The van der Waals surface area contributed by atoms with E-state index in [9.17, 15) is 9.59 Å². The number of hydrogen-bond donors (Lipinski definition) is 0. The molecule has 1 aromatic carbocycles. The Kier molecular flexibility index (Phi) is 2.87. The highest BCUT2D eigenvalue weighted by molar-refractivity contribution is 6.04. The van der Waals surface area contributed by atoms with Gasteiger partial charge in [0, 0.05) is 5.39 Å². The lowest BCUT2D eigenvalue weighted by molar-refractivity contribution is 0.0603. The summed E-state index contributed by atoms with van der Waals surface area (Å²) in [6.07, 6.45) is 0.684. The van der Waals surface area contributed by atoms with Crippen molar-refractivity contribution in [3.63, 3.8) is 0 Å². The summed E-state index contributed by atoms with van der Waals surface area (Å²) in [6.45, 7) is 1.88. The van der Waals surface area contributed by atoms with E-state index in [2.05, 4.69) is 4.98 Å². The van der Waals surface area contributed by atoms with Gasteiger partial charge in [-0.3, -0.25) is 4.79 Å². The third kappa shape index (κ3) is 1.89. The molecule has 0 radical (unpaired) electrons. The summed E-state index contributed by atoms with van der Waals surface area (Å²) in [5.41, 5.74) is 2.37. The molecule has 4 heteroatoms. The predicted molar refractivity (Wildman–Crippen MR) is 63.2 cm³/mol. The van der Waals surface area contributed by atoms with Gasteiger partial charge in [-0.1, -0.05) is 6.07 Å². The first-order valence-electron chi connectivity index (χ1n) is 5.11. The van der Waals surface area contributed by atoms with E-state index in [1.807, 2.05) is 6.92 Å². The molecule has 0 saturated carbocycles. The van der Waals surface area contributed by atoms with Gasteiger partial charge in [0.15, 0.2) is 6.29 Å². The van der Waals surface area contributed by atoms with E-state index < -0.39 is 5.97 Å². The van der Waals surface area contributed by atoms with E-state index >= 15 is 0 Å². The van der Waals surface area contributed by atoms with Crippen LogP contribution in [-0.4, -0.2) is 24.3 Å². The number of hydrogen-bond acceptors (Lipinski definition) is 4. The van der Waals surface area contributed by atoms with Gasteiger partial charge in [0.05, 0.1) is 18.2 Å². The summed E-state index contributed by atoms with van der Waals surface area (Å²) >= 11 is 0. The first-order chi connectivity index (χ1) is 8.17. The lowest BCUT2D eigenvalue weighted by atomic mass is 10.0. The van der Waals surface area contributed by atoms with E-state index in [0.29, 0.717) is 28.4 Å². The molecular weight excluding hydrogens is 218 g/mol. The van der Waals surface area contributed by atoms with E-state index in [4.69, 9.17) is 4.74 Å². The lowest BCUT2D eigenvalue weighted by Gasteiger charge is -2.07. The fourth-order valence-corrected chi connectivity index (χ4v) is 1.72. The zero-order valence-corrected chi connectivity index (χ0v) is 9.56. The van der Waals surface area contributed by atoms with Gasteiger partial charge in [-0.15, -0.1) is 0 Å². The normalized spacial score (nSPS) is 10.2. The molecule has 4 nitrogen and oxygen atoms in total. The van der Waals surface area contributed by atoms with Crippen molar-refractivity contribution in [2.75, 3.05) is 7.11 Å². The highest BCUT2D eigenvalue weighted by atomic mass is 16.5. The smallest absolute Gasteiger partial charge is 0.338 e. The maximum atomic E-state index is 11.6. The number of carbonyl (C=O) groups excluding carboxylic acids is 2. The molecule has 0 aliphatic carbocycles. The van der Waals surface area contributed by atoms with Crippen LogP contribution >= 0.6 is 0 Å². The van der Waals surface area contributed by atoms with Crippen LogP contribution in [0.5, 0.6) is 0 Å². The molecule has 0 atom stereocenters. The number of pyridine rings is 1. The molecule has 1 heterocycles. The van der Waals surface area contributed by atoms with E-state index in [0.717, 1.165) is 5.56 Å². The molecule has 0 spiro atoms. The molecule has 0 unspecified atom stereocenters. The van der Waals surface area contributed by atoms with Gasteiger partial charge in [-0.25, -0.2) is 9.78 Å². The maximum Gasteiger partial charge on any atom is 0.338 e. The molecule has 0 saturated heterocycles. The molecule has 0 bridgehead atoms. The number of rotatable bonds is 2. The van der Waals surface area contributed by atoms with Gasteiger partial charge in [-0.2, -0.15) is 0 Å². The van der Waals surface area contributed by atoms with Crippen LogP contribution in [0.3, 0.4) is 0 Å². The van der Waals surface area contributed by atoms with Crippen molar-refractivity contribution in [1.29, 1.82) is 0 Å². The summed E-state index contributed by atoms with van der Waals surface area (Å²) in [7, 11) is 1.33. The number of ether oxygens (including phenoxy) is 1. The zero-order chi connectivity index (χ0) is 12.4. The van der Waals surface area contributed by atoms with Crippen LogP contribution in [0.2, 0.25) is 0 Å². The summed E-state index contributed by atoms with van der Waals surface area (Å²) < 4.78 is 4.70. The van der Waals surface area contributed by atoms with Gasteiger partial charge >= 0.3 is 5.97 Å². The molecule has 86 valence electrons. The lowest BCUT2D eigenvalue weighted by Crippen LogP contribution is -2.03. The quantitative estimate of drug-likeness (QED) is 0.584. The molecule has 17 heavy (non-hydrogen) atoms. The van der Waals surface area contributed by atoms with Crippen LogP contribution in [0.4, 0.5) is 0 Å². The number of methoxy groups -OCH3 is 1. The molecular formula is C13H11NO3. The van der Waals surface area contributed by atoms with Gasteiger partial charge in [-0.05, 0) is 30.7 Å². The van der Waals surface area contributed by atoms with Crippen LogP contribution in [0.15, 0.2) is 24.3 Å². The van der Waals surface area contributed by atoms with Gasteiger partial charge in [0.25, 0.3) is 0 Å². The standard InChI is InChI=1S/C13H11NO3/c1-8-3-5-11(13(16)17-2)10-6-4-9(7-15)14-12(8)10/h3-7H,1-2H3. The Bertz CT molecular complexity index is 605. The number of carbonyl (C=O) groups is 2. The van der Waals surface area contributed by atoms with Gasteiger partial charge < -0.3 is 4.74 Å². The van der Waals surface area contributed by atoms with Crippen molar-refractivity contribution in [2.45, 2.75) is 6.92 Å². The van der Waals surface area contributed by atoms with Crippen LogP contribution in [-0.2, 0) is 4.74 Å². The maximum absolute atomic E-state index is 11.6. The third-order valence-corrected chi connectivity index (χ3v) is 2.61. The summed E-state index contributed by atoms with van der Waals surface area (Å²) in [5, 5.41) is 0.697. The second-order valence-electron chi connectivity index (χ2n) is 3.67. The van der Waals surface area contributed by atoms with Crippen LogP contribution < -0.4 is 0 Å². The van der Waals surface area contributed by atoms with E-state index in [1.165, 1.54) is 7.11 Å². The van der Waals surface area contributed by atoms with Crippen molar-refractivity contribution in [2.24, 2.45) is 0 Å². The number of fused-ring (bicyclic) bond motifs is 1. The Morgan fingerprint density at radius 3 is 2.71 bits per heavy atom.